The molecule has 4 rings (SSSR count). The standard InChI is InChI=1S/C25H24N4O3S2/c1-15(2)20(21(30)27-24(26)32)34-25-28-22-19(18(14-33-22)17-11-7-4-8-12-17)23(31)29(25)13-16-9-5-3-6-10-16/h3-12,14-15,20H,13H2,1-2H3,(H3,26,27,30,32)/t20-/m0/s1. The second-order valence-corrected chi connectivity index (χ2v) is 10.1. The number of carbonyl (C=O) groups is 2. The molecule has 3 amide bonds. The van der Waals surface area contributed by atoms with Crippen LogP contribution >= 0.6 is 23.1 Å². The van der Waals surface area contributed by atoms with E-state index in [0.29, 0.717) is 21.9 Å². The summed E-state index contributed by atoms with van der Waals surface area (Å²) in [5, 5.41) is 4.41. The van der Waals surface area contributed by atoms with Crippen LogP contribution in [0, 0.1) is 5.92 Å². The normalized spacial score (nSPS) is 12.1. The summed E-state index contributed by atoms with van der Waals surface area (Å²) in [6.07, 6.45) is 0. The Morgan fingerprint density at radius 1 is 1.09 bits per heavy atom. The fourth-order valence-electron chi connectivity index (χ4n) is 3.63. The third kappa shape index (κ3) is 5.05. The Hall–Kier alpha value is -3.43. The van der Waals surface area contributed by atoms with E-state index in [2.05, 4.69) is 5.32 Å². The van der Waals surface area contributed by atoms with Crippen LogP contribution in [0.2, 0.25) is 0 Å². The largest absolute Gasteiger partial charge is 0.351 e. The van der Waals surface area contributed by atoms with Crippen LogP contribution in [0.3, 0.4) is 0 Å². The highest BCUT2D eigenvalue weighted by atomic mass is 32.2. The number of thioether (sulfide) groups is 1. The van der Waals surface area contributed by atoms with Gasteiger partial charge in [-0.15, -0.1) is 11.3 Å². The second kappa shape index (κ2) is 10.2. The van der Waals surface area contributed by atoms with E-state index in [1.165, 1.54) is 23.1 Å². The molecule has 34 heavy (non-hydrogen) atoms. The minimum atomic E-state index is -0.910. The summed E-state index contributed by atoms with van der Waals surface area (Å²) < 4.78 is 1.61. The molecule has 0 aliphatic carbocycles. The SMILES string of the molecule is CC(C)[C@H](Sc1nc2scc(-c3ccccc3)c2c(=O)n1Cc1ccccc1)C(=O)NC(N)=O. The highest BCUT2D eigenvalue weighted by molar-refractivity contribution is 8.00. The smallest absolute Gasteiger partial charge is 0.318 e. The molecule has 2 aromatic heterocycles. The maximum atomic E-state index is 13.8. The Labute approximate surface area is 205 Å². The van der Waals surface area contributed by atoms with Gasteiger partial charge in [0.1, 0.15) is 4.83 Å². The maximum absolute atomic E-state index is 13.8. The van der Waals surface area contributed by atoms with Gasteiger partial charge in [-0.25, -0.2) is 9.78 Å². The van der Waals surface area contributed by atoms with Crippen LogP contribution < -0.4 is 16.6 Å². The van der Waals surface area contributed by atoms with Crippen molar-refractivity contribution in [3.8, 4) is 11.1 Å². The van der Waals surface area contributed by atoms with E-state index in [4.69, 9.17) is 10.7 Å². The van der Waals surface area contributed by atoms with Gasteiger partial charge in [0, 0.05) is 10.9 Å². The van der Waals surface area contributed by atoms with Crippen molar-refractivity contribution in [2.75, 3.05) is 0 Å². The highest BCUT2D eigenvalue weighted by Crippen LogP contribution is 2.34. The zero-order chi connectivity index (χ0) is 24.2. The molecule has 0 unspecified atom stereocenters. The van der Waals surface area contributed by atoms with E-state index in [1.807, 2.05) is 79.9 Å². The Bertz CT molecular complexity index is 1380. The van der Waals surface area contributed by atoms with Crippen molar-refractivity contribution in [1.82, 2.24) is 14.9 Å². The Kier molecular flexibility index (Phi) is 7.14. The van der Waals surface area contributed by atoms with E-state index in [0.717, 1.165) is 16.7 Å². The predicted octanol–water partition coefficient (Wildman–Crippen LogP) is 4.48. The first kappa shape index (κ1) is 23.7. The number of nitrogens with one attached hydrogen (secondary N) is 1. The molecule has 0 fully saturated rings. The minimum Gasteiger partial charge on any atom is -0.351 e. The molecule has 1 atom stereocenters. The average molecular weight is 493 g/mol. The molecule has 0 radical (unpaired) electrons. The number of urea groups is 1. The van der Waals surface area contributed by atoms with Crippen molar-refractivity contribution in [3.05, 3.63) is 82.0 Å². The van der Waals surface area contributed by atoms with Crippen molar-refractivity contribution in [2.45, 2.75) is 30.8 Å². The first-order valence-electron chi connectivity index (χ1n) is 10.7. The van der Waals surface area contributed by atoms with Crippen LogP contribution in [0.5, 0.6) is 0 Å². The topological polar surface area (TPSA) is 107 Å². The number of thiophene rings is 1. The summed E-state index contributed by atoms with van der Waals surface area (Å²) in [5.41, 5.74) is 7.71. The van der Waals surface area contributed by atoms with Gasteiger partial charge in [0.25, 0.3) is 5.56 Å². The number of primary amides is 1. The summed E-state index contributed by atoms with van der Waals surface area (Å²) in [4.78, 5) is 43.2. The van der Waals surface area contributed by atoms with E-state index < -0.39 is 17.2 Å². The number of aromatic nitrogens is 2. The molecular weight excluding hydrogens is 468 g/mol. The molecule has 0 aliphatic rings. The number of hydrogen-bond donors (Lipinski definition) is 2. The third-order valence-corrected chi connectivity index (χ3v) is 7.68. The van der Waals surface area contributed by atoms with Gasteiger partial charge in [0.05, 0.1) is 17.2 Å². The maximum Gasteiger partial charge on any atom is 0.318 e. The molecule has 0 saturated heterocycles. The number of rotatable bonds is 7. The summed E-state index contributed by atoms with van der Waals surface area (Å²) in [7, 11) is 0. The lowest BCUT2D eigenvalue weighted by molar-refractivity contribution is -0.120. The zero-order valence-electron chi connectivity index (χ0n) is 18.7. The van der Waals surface area contributed by atoms with Crippen LogP contribution in [0.15, 0.2) is 76.0 Å². The number of nitrogens with zero attached hydrogens (tertiary/aromatic N) is 2. The quantitative estimate of drug-likeness (QED) is 0.292. The van der Waals surface area contributed by atoms with Crippen molar-refractivity contribution < 1.29 is 9.59 Å². The molecule has 174 valence electrons. The molecule has 0 saturated carbocycles. The van der Waals surface area contributed by atoms with Gasteiger partial charge >= 0.3 is 6.03 Å². The second-order valence-electron chi connectivity index (χ2n) is 8.10. The van der Waals surface area contributed by atoms with E-state index in [1.54, 1.807) is 4.57 Å². The van der Waals surface area contributed by atoms with Gasteiger partial charge in [0.2, 0.25) is 5.91 Å². The van der Waals surface area contributed by atoms with Crippen LogP contribution in [-0.4, -0.2) is 26.7 Å². The van der Waals surface area contributed by atoms with Gasteiger partial charge < -0.3 is 5.73 Å². The monoisotopic (exact) mass is 492 g/mol. The molecule has 0 aliphatic heterocycles. The molecule has 4 aromatic rings. The van der Waals surface area contributed by atoms with Crippen molar-refractivity contribution in [3.63, 3.8) is 0 Å². The summed E-state index contributed by atoms with van der Waals surface area (Å²) in [6.45, 7) is 4.04. The lowest BCUT2D eigenvalue weighted by Crippen LogP contribution is -2.42. The number of fused-ring (bicyclic) bond motifs is 1. The Balaban J connectivity index is 1.86. The van der Waals surface area contributed by atoms with Gasteiger partial charge in [-0.1, -0.05) is 86.3 Å². The van der Waals surface area contributed by atoms with Gasteiger partial charge in [0.15, 0.2) is 5.16 Å². The number of amides is 3. The Morgan fingerprint density at radius 3 is 2.35 bits per heavy atom. The number of imide groups is 1. The number of nitrogens with two attached hydrogens (primary N) is 1. The summed E-state index contributed by atoms with van der Waals surface area (Å²) in [6, 6.07) is 18.4. The molecular formula is C25H24N4O3S2. The fourth-order valence-corrected chi connectivity index (χ4v) is 5.71. The zero-order valence-corrected chi connectivity index (χ0v) is 20.4. The van der Waals surface area contributed by atoms with E-state index >= 15 is 0 Å². The summed E-state index contributed by atoms with van der Waals surface area (Å²) >= 11 is 2.56. The van der Waals surface area contributed by atoms with E-state index in [9.17, 15) is 14.4 Å². The number of hydrogen-bond acceptors (Lipinski definition) is 6. The van der Waals surface area contributed by atoms with E-state index in [-0.39, 0.29) is 11.5 Å². The molecule has 3 N–H and O–H groups in total. The van der Waals surface area contributed by atoms with Crippen molar-refractivity contribution in [2.24, 2.45) is 11.7 Å². The molecule has 2 aromatic carbocycles. The Morgan fingerprint density at radius 2 is 1.74 bits per heavy atom. The van der Waals surface area contributed by atoms with Crippen molar-refractivity contribution >= 4 is 45.3 Å². The molecule has 9 heteroatoms. The van der Waals surface area contributed by atoms with Crippen LogP contribution in [0.25, 0.3) is 21.3 Å². The van der Waals surface area contributed by atoms with Crippen LogP contribution in [-0.2, 0) is 11.3 Å². The molecule has 7 nitrogen and oxygen atoms in total. The highest BCUT2D eigenvalue weighted by Gasteiger charge is 2.28. The number of carbonyl (C=O) groups excluding carboxylic acids is 2. The summed E-state index contributed by atoms with van der Waals surface area (Å²) in [5.74, 6) is -0.644. The van der Waals surface area contributed by atoms with Gasteiger partial charge in [-0.2, -0.15) is 0 Å². The average Bonchev–Trinajstić information content (AvgIpc) is 3.24. The first-order chi connectivity index (χ1) is 16.3. The fraction of sp³-hybridized carbons (Fsp3) is 0.200. The lowest BCUT2D eigenvalue weighted by atomic mass is 10.1. The molecule has 0 bridgehead atoms. The minimum absolute atomic E-state index is 0.134. The molecule has 0 spiro atoms. The predicted molar refractivity (Wildman–Crippen MR) is 137 cm³/mol. The lowest BCUT2D eigenvalue weighted by Gasteiger charge is -2.20. The van der Waals surface area contributed by atoms with Crippen LogP contribution in [0.1, 0.15) is 19.4 Å². The van der Waals surface area contributed by atoms with Crippen molar-refractivity contribution in [1.29, 1.82) is 0 Å². The number of benzene rings is 2. The third-order valence-electron chi connectivity index (χ3n) is 5.27. The first-order valence-corrected chi connectivity index (χ1v) is 12.5. The van der Waals surface area contributed by atoms with Crippen LogP contribution in [0.4, 0.5) is 4.79 Å². The van der Waals surface area contributed by atoms with Gasteiger partial charge in [-0.3, -0.25) is 19.5 Å². The van der Waals surface area contributed by atoms with Gasteiger partial charge in [-0.05, 0) is 17.0 Å². The molecule has 2 heterocycles.